The van der Waals surface area contributed by atoms with Crippen molar-refractivity contribution in [3.63, 3.8) is 0 Å². The fourth-order valence-electron chi connectivity index (χ4n) is 2.01. The molecule has 1 atom stereocenters. The van der Waals surface area contributed by atoms with Gasteiger partial charge in [-0.15, -0.1) is 0 Å². The normalized spacial score (nSPS) is 19.1. The van der Waals surface area contributed by atoms with E-state index in [9.17, 15) is 18.0 Å². The van der Waals surface area contributed by atoms with Gasteiger partial charge in [0.2, 0.25) is 0 Å². The van der Waals surface area contributed by atoms with Crippen LogP contribution in [0.2, 0.25) is 10.0 Å². The molecule has 0 aromatic heterocycles. The highest BCUT2D eigenvalue weighted by molar-refractivity contribution is 7.91. The molecular formula is C13H14Cl2N2O5S. The Morgan fingerprint density at radius 1 is 1.26 bits per heavy atom. The maximum atomic E-state index is 11.6. The van der Waals surface area contributed by atoms with Crippen LogP contribution in [0.1, 0.15) is 6.42 Å². The Labute approximate surface area is 143 Å². The zero-order chi connectivity index (χ0) is 17.0. The first kappa shape index (κ1) is 17.8. The second-order valence-electron chi connectivity index (χ2n) is 4.99. The second-order valence-corrected chi connectivity index (χ2v) is 8.03. The van der Waals surface area contributed by atoms with Gasteiger partial charge >= 0.3 is 6.03 Å². The van der Waals surface area contributed by atoms with Gasteiger partial charge in [-0.25, -0.2) is 13.2 Å². The van der Waals surface area contributed by atoms with E-state index in [-0.39, 0.29) is 16.5 Å². The third kappa shape index (κ3) is 5.56. The van der Waals surface area contributed by atoms with E-state index in [1.54, 1.807) is 0 Å². The molecule has 0 spiro atoms. The monoisotopic (exact) mass is 380 g/mol. The van der Waals surface area contributed by atoms with E-state index in [4.69, 9.17) is 27.9 Å². The van der Waals surface area contributed by atoms with Crippen molar-refractivity contribution in [2.24, 2.45) is 0 Å². The predicted octanol–water partition coefficient (Wildman–Crippen LogP) is 1.39. The van der Waals surface area contributed by atoms with Gasteiger partial charge < -0.3 is 10.1 Å². The standard InChI is InChI=1S/C13H14Cl2N2O5S/c14-10-2-1-9(5-11(10)15)22-6-12(18)17-13(19)16-8-3-4-23(20,21)7-8/h1-2,5,8H,3-4,6-7H2,(H2,16,17,18,19)/t8-/m0/s1. The predicted molar refractivity (Wildman–Crippen MR) is 85.7 cm³/mol. The molecule has 2 rings (SSSR count). The summed E-state index contributed by atoms with van der Waals surface area (Å²) in [6, 6.07) is 3.26. The van der Waals surface area contributed by atoms with Crippen molar-refractivity contribution in [1.29, 1.82) is 0 Å². The van der Waals surface area contributed by atoms with Crippen LogP contribution in [0.5, 0.6) is 5.75 Å². The number of amides is 3. The molecule has 0 saturated carbocycles. The Morgan fingerprint density at radius 2 is 2.00 bits per heavy atom. The van der Waals surface area contributed by atoms with Crippen LogP contribution < -0.4 is 15.4 Å². The lowest BCUT2D eigenvalue weighted by Crippen LogP contribution is -2.46. The number of sulfone groups is 1. The first-order valence-corrected chi connectivity index (χ1v) is 9.21. The lowest BCUT2D eigenvalue weighted by molar-refractivity contribution is -0.122. The third-order valence-electron chi connectivity index (χ3n) is 3.08. The summed E-state index contributed by atoms with van der Waals surface area (Å²) < 4.78 is 27.7. The highest BCUT2D eigenvalue weighted by atomic mass is 35.5. The van der Waals surface area contributed by atoms with Crippen molar-refractivity contribution < 1.29 is 22.7 Å². The van der Waals surface area contributed by atoms with Crippen molar-refractivity contribution in [3.8, 4) is 5.75 Å². The number of benzene rings is 1. The highest BCUT2D eigenvalue weighted by Crippen LogP contribution is 2.26. The molecule has 0 unspecified atom stereocenters. The summed E-state index contributed by atoms with van der Waals surface area (Å²) >= 11 is 11.6. The zero-order valence-electron chi connectivity index (χ0n) is 11.8. The number of rotatable bonds is 4. The molecule has 3 amide bonds. The van der Waals surface area contributed by atoms with Crippen molar-refractivity contribution in [3.05, 3.63) is 28.2 Å². The van der Waals surface area contributed by atoms with Gasteiger partial charge in [-0.05, 0) is 18.6 Å². The summed E-state index contributed by atoms with van der Waals surface area (Å²) in [7, 11) is -3.10. The Morgan fingerprint density at radius 3 is 2.61 bits per heavy atom. The number of carbonyl (C=O) groups excluding carboxylic acids is 2. The van der Waals surface area contributed by atoms with Gasteiger partial charge in [0.1, 0.15) is 5.75 Å². The van der Waals surface area contributed by atoms with Gasteiger partial charge in [-0.1, -0.05) is 23.2 Å². The third-order valence-corrected chi connectivity index (χ3v) is 5.59. The zero-order valence-corrected chi connectivity index (χ0v) is 14.2. The smallest absolute Gasteiger partial charge is 0.321 e. The minimum Gasteiger partial charge on any atom is -0.484 e. The van der Waals surface area contributed by atoms with E-state index in [1.165, 1.54) is 18.2 Å². The average molecular weight is 381 g/mol. The minimum absolute atomic E-state index is 0.0341. The molecule has 1 aliphatic rings. The maximum Gasteiger partial charge on any atom is 0.321 e. The van der Waals surface area contributed by atoms with E-state index in [0.717, 1.165) is 0 Å². The topological polar surface area (TPSA) is 102 Å². The molecule has 1 fully saturated rings. The summed E-state index contributed by atoms with van der Waals surface area (Å²) in [5.74, 6) is -0.424. The molecule has 0 aliphatic carbocycles. The lowest BCUT2D eigenvalue weighted by atomic mass is 10.3. The summed E-state index contributed by atoms with van der Waals surface area (Å²) in [4.78, 5) is 23.2. The summed E-state index contributed by atoms with van der Waals surface area (Å²) in [6.45, 7) is -0.394. The van der Waals surface area contributed by atoms with E-state index >= 15 is 0 Å². The molecule has 0 bridgehead atoms. The average Bonchev–Trinajstić information content (AvgIpc) is 2.79. The van der Waals surface area contributed by atoms with Gasteiger partial charge in [0.25, 0.3) is 5.91 Å². The molecule has 23 heavy (non-hydrogen) atoms. The number of nitrogens with one attached hydrogen (secondary N) is 2. The first-order valence-electron chi connectivity index (χ1n) is 6.64. The number of urea groups is 1. The van der Waals surface area contributed by atoms with Crippen LogP contribution in [0.3, 0.4) is 0 Å². The number of hydrogen-bond acceptors (Lipinski definition) is 5. The highest BCUT2D eigenvalue weighted by Gasteiger charge is 2.29. The van der Waals surface area contributed by atoms with Crippen LogP contribution in [0.4, 0.5) is 4.79 Å². The van der Waals surface area contributed by atoms with Gasteiger partial charge in [-0.2, -0.15) is 0 Å². The number of ether oxygens (including phenoxy) is 1. The van der Waals surface area contributed by atoms with Gasteiger partial charge in [0.15, 0.2) is 16.4 Å². The fraction of sp³-hybridized carbons (Fsp3) is 0.385. The lowest BCUT2D eigenvalue weighted by Gasteiger charge is -2.12. The van der Waals surface area contributed by atoms with Crippen LogP contribution in [0.15, 0.2) is 18.2 Å². The van der Waals surface area contributed by atoms with Crippen molar-refractivity contribution in [2.45, 2.75) is 12.5 Å². The van der Waals surface area contributed by atoms with E-state index in [1.807, 2.05) is 0 Å². The van der Waals surface area contributed by atoms with E-state index in [0.29, 0.717) is 17.2 Å². The molecule has 0 radical (unpaired) electrons. The maximum absolute atomic E-state index is 11.6. The van der Waals surface area contributed by atoms with E-state index < -0.39 is 34.4 Å². The molecule has 126 valence electrons. The fourth-order valence-corrected chi connectivity index (χ4v) is 3.97. The number of hydrogen-bond donors (Lipinski definition) is 2. The molecule has 7 nitrogen and oxygen atoms in total. The van der Waals surface area contributed by atoms with Gasteiger partial charge in [0, 0.05) is 12.1 Å². The molecule has 1 aromatic carbocycles. The number of halogens is 2. The molecule has 10 heteroatoms. The van der Waals surface area contributed by atoms with Crippen LogP contribution in [0.25, 0.3) is 0 Å². The van der Waals surface area contributed by atoms with Crippen LogP contribution in [-0.2, 0) is 14.6 Å². The molecule has 1 saturated heterocycles. The Bertz CT molecular complexity index is 723. The number of carbonyl (C=O) groups is 2. The van der Waals surface area contributed by atoms with Crippen molar-refractivity contribution >= 4 is 45.0 Å². The van der Waals surface area contributed by atoms with Crippen LogP contribution in [-0.4, -0.2) is 44.5 Å². The SMILES string of the molecule is O=C(COc1ccc(Cl)c(Cl)c1)NC(=O)N[C@H]1CCS(=O)(=O)C1. The minimum atomic E-state index is -3.10. The molecule has 2 N–H and O–H groups in total. The van der Waals surface area contributed by atoms with E-state index in [2.05, 4.69) is 10.6 Å². The van der Waals surface area contributed by atoms with Crippen molar-refractivity contribution in [2.75, 3.05) is 18.1 Å². The Balaban J connectivity index is 1.76. The molecule has 1 aliphatic heterocycles. The quantitative estimate of drug-likeness (QED) is 0.821. The van der Waals surface area contributed by atoms with Crippen molar-refractivity contribution in [1.82, 2.24) is 10.6 Å². The van der Waals surface area contributed by atoms with Gasteiger partial charge in [0.05, 0.1) is 21.6 Å². The Kier molecular flexibility index (Phi) is 5.72. The van der Waals surface area contributed by atoms with Crippen LogP contribution in [0, 0.1) is 0 Å². The van der Waals surface area contributed by atoms with Gasteiger partial charge in [-0.3, -0.25) is 10.1 Å². The number of imide groups is 1. The second kappa shape index (κ2) is 7.37. The van der Waals surface area contributed by atoms with Crippen LogP contribution >= 0.6 is 23.2 Å². The largest absolute Gasteiger partial charge is 0.484 e. The Hall–Kier alpha value is -1.51. The molecule has 1 heterocycles. The summed E-state index contributed by atoms with van der Waals surface area (Å²) in [5, 5.41) is 5.14. The summed E-state index contributed by atoms with van der Waals surface area (Å²) in [6.07, 6.45) is 0.337. The molecular weight excluding hydrogens is 367 g/mol. The first-order chi connectivity index (χ1) is 10.7. The summed E-state index contributed by atoms with van der Waals surface area (Å²) in [5.41, 5.74) is 0. The molecule has 1 aromatic rings.